The summed E-state index contributed by atoms with van der Waals surface area (Å²) in [6.45, 7) is 8.31. The fourth-order valence-corrected chi connectivity index (χ4v) is 5.42. The molecule has 0 unspecified atom stereocenters. The average Bonchev–Trinajstić information content (AvgIpc) is 3.04. The minimum atomic E-state index is -0.392. The molecule has 0 radical (unpaired) electrons. The highest BCUT2D eigenvalue weighted by molar-refractivity contribution is 6.32. The van der Waals surface area contributed by atoms with Gasteiger partial charge in [0, 0.05) is 16.3 Å². The number of nitrogens with zero attached hydrogens (tertiary/aromatic N) is 3. The van der Waals surface area contributed by atoms with Crippen LogP contribution in [-0.4, -0.2) is 42.1 Å². The highest BCUT2D eigenvalue weighted by atomic mass is 35.5. The molecule has 1 heterocycles. The summed E-state index contributed by atoms with van der Waals surface area (Å²) in [7, 11) is 1.46. The molecule has 47 heavy (non-hydrogen) atoms. The Balaban J connectivity index is 1.50. The zero-order valence-corrected chi connectivity index (χ0v) is 28.1. The minimum absolute atomic E-state index is 0.166. The Morgan fingerprint density at radius 3 is 2.47 bits per heavy atom. The summed E-state index contributed by atoms with van der Waals surface area (Å²) in [5.74, 6) is 1.43. The van der Waals surface area contributed by atoms with Gasteiger partial charge in [0.1, 0.15) is 5.75 Å². The van der Waals surface area contributed by atoms with Crippen molar-refractivity contribution in [3.8, 4) is 28.6 Å². The molecule has 0 spiro atoms. The van der Waals surface area contributed by atoms with Crippen LogP contribution in [0.1, 0.15) is 43.4 Å². The lowest BCUT2D eigenvalue weighted by molar-refractivity contribution is -0.118. The first-order chi connectivity index (χ1) is 22.6. The van der Waals surface area contributed by atoms with E-state index in [0.29, 0.717) is 39.6 Å². The van der Waals surface area contributed by atoms with Crippen LogP contribution in [0.15, 0.2) is 82.7 Å². The summed E-state index contributed by atoms with van der Waals surface area (Å²) < 4.78 is 18.5. The number of hydrogen-bond acceptors (Lipinski definition) is 7. The first kappa shape index (κ1) is 33.5. The number of fused-ring (bicyclic) bond motifs is 1. The van der Waals surface area contributed by atoms with E-state index >= 15 is 0 Å². The molecule has 0 aliphatic rings. The molecule has 9 nitrogen and oxygen atoms in total. The monoisotopic (exact) mass is 672 g/mol. The summed E-state index contributed by atoms with van der Waals surface area (Å²) in [6.07, 6.45) is 1.50. The lowest BCUT2D eigenvalue weighted by Crippen LogP contribution is -2.21. The number of benzene rings is 4. The molecule has 0 aliphatic heterocycles. The van der Waals surface area contributed by atoms with Gasteiger partial charge in [-0.25, -0.2) is 4.98 Å². The number of nitrogens with one attached hydrogen (secondary N) is 1. The van der Waals surface area contributed by atoms with Gasteiger partial charge in [0.05, 0.1) is 35.9 Å². The van der Waals surface area contributed by atoms with Crippen molar-refractivity contribution in [2.75, 3.05) is 25.6 Å². The van der Waals surface area contributed by atoms with Crippen LogP contribution in [0.3, 0.4) is 0 Å². The number of methoxy groups -OCH3 is 1. The van der Waals surface area contributed by atoms with Crippen LogP contribution in [0.5, 0.6) is 17.2 Å². The van der Waals surface area contributed by atoms with Gasteiger partial charge in [-0.2, -0.15) is 9.78 Å². The Kier molecular flexibility index (Phi) is 10.5. The molecule has 1 amide bonds. The predicted molar refractivity (Wildman–Crippen MR) is 188 cm³/mol. The van der Waals surface area contributed by atoms with Crippen molar-refractivity contribution in [3.05, 3.63) is 110 Å². The molecular formula is C36H34Cl2N4O5. The van der Waals surface area contributed by atoms with Crippen LogP contribution in [0, 0.1) is 6.92 Å². The number of halogens is 2. The van der Waals surface area contributed by atoms with E-state index in [4.69, 9.17) is 42.4 Å². The van der Waals surface area contributed by atoms with Crippen molar-refractivity contribution in [1.82, 2.24) is 9.66 Å². The van der Waals surface area contributed by atoms with E-state index in [1.54, 1.807) is 54.6 Å². The lowest BCUT2D eigenvalue weighted by Gasteiger charge is -2.18. The molecule has 5 rings (SSSR count). The number of hydrogen-bond donors (Lipinski definition) is 1. The van der Waals surface area contributed by atoms with Gasteiger partial charge in [-0.3, -0.25) is 9.59 Å². The van der Waals surface area contributed by atoms with E-state index in [2.05, 4.69) is 24.3 Å². The molecule has 1 aromatic heterocycles. The Hall–Kier alpha value is -4.86. The van der Waals surface area contributed by atoms with Crippen molar-refractivity contribution in [3.63, 3.8) is 0 Å². The van der Waals surface area contributed by atoms with Gasteiger partial charge < -0.3 is 19.5 Å². The number of ether oxygens (including phenoxy) is 3. The number of rotatable bonds is 11. The van der Waals surface area contributed by atoms with Crippen LogP contribution in [0.2, 0.25) is 10.0 Å². The van der Waals surface area contributed by atoms with Crippen molar-refractivity contribution < 1.29 is 19.0 Å². The maximum Gasteiger partial charge on any atom is 0.282 e. The van der Waals surface area contributed by atoms with Gasteiger partial charge in [0.2, 0.25) is 0 Å². The summed E-state index contributed by atoms with van der Waals surface area (Å²) in [5, 5.41) is 8.52. The molecule has 0 saturated carbocycles. The smallest absolute Gasteiger partial charge is 0.282 e. The molecule has 0 bridgehead atoms. The molecule has 1 N–H and O–H groups in total. The second kappa shape index (κ2) is 14.7. The van der Waals surface area contributed by atoms with Crippen molar-refractivity contribution in [2.45, 2.75) is 33.6 Å². The lowest BCUT2D eigenvalue weighted by atomic mass is 9.96. The number of anilines is 1. The van der Waals surface area contributed by atoms with Gasteiger partial charge in [0.25, 0.3) is 11.5 Å². The predicted octanol–water partition coefficient (Wildman–Crippen LogP) is 8.11. The molecule has 4 aromatic carbocycles. The van der Waals surface area contributed by atoms with Crippen LogP contribution >= 0.6 is 23.2 Å². The topological polar surface area (TPSA) is 104 Å². The van der Waals surface area contributed by atoms with Crippen molar-refractivity contribution in [1.29, 1.82) is 0 Å². The molecule has 0 saturated heterocycles. The zero-order chi connectivity index (χ0) is 33.7. The summed E-state index contributed by atoms with van der Waals surface area (Å²) in [6, 6.07) is 21.1. The fraction of sp³-hybridized carbons (Fsp3) is 0.222. The number of aryl methyl sites for hydroxylation is 1. The van der Waals surface area contributed by atoms with E-state index in [-0.39, 0.29) is 34.6 Å². The van der Waals surface area contributed by atoms with E-state index in [1.165, 1.54) is 18.0 Å². The number of para-hydroxylation sites is 1. The third-order valence-electron chi connectivity index (χ3n) is 7.32. The third kappa shape index (κ3) is 7.59. The van der Waals surface area contributed by atoms with Gasteiger partial charge >= 0.3 is 0 Å². The summed E-state index contributed by atoms with van der Waals surface area (Å²) >= 11 is 12.5. The molecular weight excluding hydrogens is 639 g/mol. The second-order valence-corrected chi connectivity index (χ2v) is 11.8. The number of carbonyl (C=O) groups is 1. The fourth-order valence-electron chi connectivity index (χ4n) is 5.02. The highest BCUT2D eigenvalue weighted by Crippen LogP contribution is 2.37. The Bertz CT molecular complexity index is 2020. The normalized spacial score (nSPS) is 11.3. The molecule has 5 aromatic rings. The minimum Gasteiger partial charge on any atom is -0.494 e. The number of amides is 1. The molecule has 242 valence electrons. The van der Waals surface area contributed by atoms with Crippen LogP contribution in [-0.2, 0) is 4.79 Å². The molecule has 11 heteroatoms. The van der Waals surface area contributed by atoms with Gasteiger partial charge in [-0.05, 0) is 97.1 Å². The van der Waals surface area contributed by atoms with Gasteiger partial charge in [-0.15, -0.1) is 0 Å². The van der Waals surface area contributed by atoms with Crippen molar-refractivity contribution >= 4 is 51.9 Å². The molecule has 0 atom stereocenters. The maximum atomic E-state index is 13.9. The van der Waals surface area contributed by atoms with E-state index in [0.717, 1.165) is 22.4 Å². The van der Waals surface area contributed by atoms with Gasteiger partial charge in [0.15, 0.2) is 23.9 Å². The maximum absolute atomic E-state index is 13.9. The Morgan fingerprint density at radius 2 is 1.77 bits per heavy atom. The standard InChI is InChI=1S/C36H34Cl2N4O5/c1-6-46-31-15-22(4)28(18-27(31)21(2)3)35-41-30-10-8-7-9-26(30)36(44)42(35)39-19-23-16-29(38)34(32(17-23)45-5)47-20-33(43)40-25-13-11-24(37)12-14-25/h7-19,21H,6,20H2,1-5H3,(H,40,43). The van der Waals surface area contributed by atoms with Crippen LogP contribution in [0.25, 0.3) is 22.3 Å². The average molecular weight is 674 g/mol. The molecule has 0 fully saturated rings. The van der Waals surface area contributed by atoms with Crippen LogP contribution < -0.4 is 25.1 Å². The van der Waals surface area contributed by atoms with Crippen molar-refractivity contribution in [2.24, 2.45) is 5.10 Å². The van der Waals surface area contributed by atoms with E-state index in [1.807, 2.05) is 32.0 Å². The Morgan fingerprint density at radius 1 is 1.02 bits per heavy atom. The third-order valence-corrected chi connectivity index (χ3v) is 7.86. The first-order valence-corrected chi connectivity index (χ1v) is 15.7. The largest absolute Gasteiger partial charge is 0.494 e. The van der Waals surface area contributed by atoms with Crippen LogP contribution in [0.4, 0.5) is 5.69 Å². The zero-order valence-electron chi connectivity index (χ0n) is 26.6. The Labute approximate surface area is 282 Å². The van der Waals surface area contributed by atoms with E-state index in [9.17, 15) is 9.59 Å². The number of carbonyl (C=O) groups excluding carboxylic acids is 1. The highest BCUT2D eigenvalue weighted by Gasteiger charge is 2.19. The van der Waals surface area contributed by atoms with Gasteiger partial charge in [-0.1, -0.05) is 49.2 Å². The summed E-state index contributed by atoms with van der Waals surface area (Å²) in [4.78, 5) is 31.2. The SMILES string of the molecule is CCOc1cc(C)c(-c2nc3ccccc3c(=O)n2N=Cc2cc(Cl)c(OCC(=O)Nc3ccc(Cl)cc3)c(OC)c2)cc1C(C)C. The first-order valence-electron chi connectivity index (χ1n) is 15.0. The molecule has 0 aliphatic carbocycles. The second-order valence-electron chi connectivity index (χ2n) is 11.0. The number of aromatic nitrogens is 2. The summed E-state index contributed by atoms with van der Waals surface area (Å²) in [5.41, 5.74) is 3.98. The quantitative estimate of drug-likeness (QED) is 0.142. The van der Waals surface area contributed by atoms with E-state index < -0.39 is 5.91 Å².